The second-order valence-corrected chi connectivity index (χ2v) is 2.97. The molecule has 0 unspecified atom stereocenters. The average molecular weight is 170 g/mol. The maximum Gasteiger partial charge on any atom is 0.344 e. The quantitative estimate of drug-likeness (QED) is 0.372. The van der Waals surface area contributed by atoms with Crippen molar-refractivity contribution in [3.63, 3.8) is 0 Å². The number of rotatable bonds is 0. The van der Waals surface area contributed by atoms with E-state index in [9.17, 15) is 4.79 Å². The molecule has 4 nitrogen and oxygen atoms in total. The summed E-state index contributed by atoms with van der Waals surface area (Å²) in [5, 5.41) is 0. The molecule has 66 valence electrons. The summed E-state index contributed by atoms with van der Waals surface area (Å²) in [4.78, 5) is 10.8. The normalized spacial score (nSPS) is 24.5. The minimum Gasteiger partial charge on any atom is -0.375 e. The van der Waals surface area contributed by atoms with Gasteiger partial charge < -0.3 is 9.47 Å². The van der Waals surface area contributed by atoms with Crippen molar-refractivity contribution in [3.8, 4) is 0 Å². The van der Waals surface area contributed by atoms with Crippen LogP contribution in [-0.2, 0) is 14.3 Å². The van der Waals surface area contributed by atoms with Gasteiger partial charge in [-0.1, -0.05) is 0 Å². The van der Waals surface area contributed by atoms with Gasteiger partial charge in [0.05, 0.1) is 12.8 Å². The first kappa shape index (κ1) is 7.73. The molecule has 0 radical (unpaired) electrons. The van der Waals surface area contributed by atoms with Crippen LogP contribution < -0.4 is 0 Å². The second kappa shape index (κ2) is 3.23. The van der Waals surface area contributed by atoms with Crippen molar-refractivity contribution >= 4 is 11.9 Å². The van der Waals surface area contributed by atoms with Crippen molar-refractivity contribution < 1.29 is 18.8 Å². The van der Waals surface area contributed by atoms with E-state index in [1.165, 1.54) is 0 Å². The first-order chi connectivity index (χ1) is 5.86. The SMILES string of the molecule is O=C1CCC(=[N+]2CCOCC2)O1. The monoisotopic (exact) mass is 170 g/mol. The molecule has 0 aromatic heterocycles. The number of nitrogens with zero attached hydrogens (tertiary/aromatic N) is 1. The first-order valence-corrected chi connectivity index (χ1v) is 4.25. The minimum atomic E-state index is -0.100. The van der Waals surface area contributed by atoms with E-state index in [-0.39, 0.29) is 5.97 Å². The smallest absolute Gasteiger partial charge is 0.344 e. The molecule has 4 heteroatoms. The molecule has 0 saturated carbocycles. The highest BCUT2D eigenvalue weighted by Gasteiger charge is 2.28. The summed E-state index contributed by atoms with van der Waals surface area (Å²) >= 11 is 0. The highest BCUT2D eigenvalue weighted by atomic mass is 16.6. The largest absolute Gasteiger partial charge is 0.375 e. The van der Waals surface area contributed by atoms with E-state index in [1.54, 1.807) is 0 Å². The lowest BCUT2D eigenvalue weighted by molar-refractivity contribution is -0.556. The van der Waals surface area contributed by atoms with Crippen LogP contribution in [0.25, 0.3) is 0 Å². The zero-order valence-electron chi connectivity index (χ0n) is 6.91. The van der Waals surface area contributed by atoms with Crippen molar-refractivity contribution in [2.75, 3.05) is 26.3 Å². The molecule has 0 aromatic rings. The van der Waals surface area contributed by atoms with Crippen LogP contribution in [0.15, 0.2) is 0 Å². The maximum absolute atomic E-state index is 10.8. The third-order valence-electron chi connectivity index (χ3n) is 2.14. The molecule has 0 bridgehead atoms. The Morgan fingerprint density at radius 1 is 1.17 bits per heavy atom. The van der Waals surface area contributed by atoms with Crippen LogP contribution in [0.4, 0.5) is 0 Å². The van der Waals surface area contributed by atoms with Gasteiger partial charge in [-0.05, 0) is 0 Å². The minimum absolute atomic E-state index is 0.100. The van der Waals surface area contributed by atoms with E-state index in [0.29, 0.717) is 6.42 Å². The number of cyclic esters (lactones) is 1. The van der Waals surface area contributed by atoms with Gasteiger partial charge in [0.25, 0.3) is 0 Å². The Balaban J connectivity index is 2.08. The fourth-order valence-electron chi connectivity index (χ4n) is 1.48. The third kappa shape index (κ3) is 1.48. The van der Waals surface area contributed by atoms with Gasteiger partial charge in [-0.3, -0.25) is 4.79 Å². The summed E-state index contributed by atoms with van der Waals surface area (Å²) in [7, 11) is 0. The molecule has 2 aliphatic rings. The Bertz CT molecular complexity index is 226. The van der Waals surface area contributed by atoms with E-state index in [4.69, 9.17) is 9.47 Å². The molecule has 2 fully saturated rings. The van der Waals surface area contributed by atoms with Crippen LogP contribution in [0.3, 0.4) is 0 Å². The number of ether oxygens (including phenoxy) is 2. The number of carbonyl (C=O) groups is 1. The van der Waals surface area contributed by atoms with E-state index in [2.05, 4.69) is 4.58 Å². The lowest BCUT2D eigenvalue weighted by atomic mass is 10.3. The van der Waals surface area contributed by atoms with Crippen molar-refractivity contribution in [1.82, 2.24) is 0 Å². The lowest BCUT2D eigenvalue weighted by Gasteiger charge is -2.11. The summed E-state index contributed by atoms with van der Waals surface area (Å²) in [6, 6.07) is 0. The van der Waals surface area contributed by atoms with Crippen LogP contribution in [-0.4, -0.2) is 42.7 Å². The van der Waals surface area contributed by atoms with Crippen molar-refractivity contribution in [1.29, 1.82) is 0 Å². The Labute approximate surface area is 70.8 Å². The number of morpholine rings is 1. The van der Waals surface area contributed by atoms with Crippen molar-refractivity contribution in [3.05, 3.63) is 0 Å². The average Bonchev–Trinajstić information content (AvgIpc) is 2.54. The third-order valence-corrected chi connectivity index (χ3v) is 2.14. The van der Waals surface area contributed by atoms with E-state index in [1.807, 2.05) is 0 Å². The maximum atomic E-state index is 10.8. The van der Waals surface area contributed by atoms with Crippen LogP contribution in [0.5, 0.6) is 0 Å². The van der Waals surface area contributed by atoms with Gasteiger partial charge in [-0.15, -0.1) is 0 Å². The summed E-state index contributed by atoms with van der Waals surface area (Å²) in [6.45, 7) is 3.17. The van der Waals surface area contributed by atoms with Crippen molar-refractivity contribution in [2.24, 2.45) is 0 Å². The van der Waals surface area contributed by atoms with E-state index in [0.717, 1.165) is 38.6 Å². The molecule has 2 aliphatic heterocycles. The molecular weight excluding hydrogens is 158 g/mol. The number of hydrogen-bond acceptors (Lipinski definition) is 3. The fraction of sp³-hybridized carbons (Fsp3) is 0.750. The molecule has 12 heavy (non-hydrogen) atoms. The summed E-state index contributed by atoms with van der Waals surface area (Å²) < 4.78 is 12.3. The molecule has 0 aliphatic carbocycles. The Hall–Kier alpha value is -0.900. The molecule has 2 heterocycles. The zero-order chi connectivity index (χ0) is 8.39. The van der Waals surface area contributed by atoms with Crippen LogP contribution >= 0.6 is 0 Å². The number of esters is 1. The van der Waals surface area contributed by atoms with Gasteiger partial charge in [-0.2, -0.15) is 4.58 Å². The first-order valence-electron chi connectivity index (χ1n) is 4.25. The molecule has 2 rings (SSSR count). The van der Waals surface area contributed by atoms with E-state index < -0.39 is 0 Å². The standard InChI is InChI=1S/C8H12NO3/c10-8-2-1-7(12-8)9-3-5-11-6-4-9/h1-6H2/q+1. The van der Waals surface area contributed by atoms with Gasteiger partial charge in [-0.25, -0.2) is 0 Å². The summed E-state index contributed by atoms with van der Waals surface area (Å²) in [6.07, 6.45) is 1.30. The van der Waals surface area contributed by atoms with Gasteiger partial charge in [0.15, 0.2) is 13.1 Å². The Morgan fingerprint density at radius 2 is 1.92 bits per heavy atom. The molecule has 2 saturated heterocycles. The number of carbonyl (C=O) groups excluding carboxylic acids is 1. The topological polar surface area (TPSA) is 38.5 Å². The summed E-state index contributed by atoms with van der Waals surface area (Å²) in [5.74, 6) is 0.736. The summed E-state index contributed by atoms with van der Waals surface area (Å²) in [5.41, 5.74) is 0. The molecule has 0 N–H and O–H groups in total. The predicted molar refractivity (Wildman–Crippen MR) is 41.1 cm³/mol. The molecule has 0 atom stereocenters. The molecule has 0 spiro atoms. The second-order valence-electron chi connectivity index (χ2n) is 2.97. The Kier molecular flexibility index (Phi) is 2.08. The van der Waals surface area contributed by atoms with Crippen LogP contribution in [0.2, 0.25) is 0 Å². The molecule has 0 amide bonds. The Morgan fingerprint density at radius 3 is 2.50 bits per heavy atom. The predicted octanol–water partition coefficient (Wildman–Crippen LogP) is -0.235. The molecule has 0 aromatic carbocycles. The van der Waals surface area contributed by atoms with Crippen LogP contribution in [0.1, 0.15) is 12.8 Å². The van der Waals surface area contributed by atoms with Crippen LogP contribution in [0, 0.1) is 0 Å². The van der Waals surface area contributed by atoms with Gasteiger partial charge >= 0.3 is 11.9 Å². The highest BCUT2D eigenvalue weighted by molar-refractivity contribution is 5.93. The van der Waals surface area contributed by atoms with Gasteiger partial charge in [0, 0.05) is 0 Å². The molecular formula is C8H12NO3+. The van der Waals surface area contributed by atoms with Crippen molar-refractivity contribution in [2.45, 2.75) is 12.8 Å². The zero-order valence-corrected chi connectivity index (χ0v) is 6.91. The highest BCUT2D eigenvalue weighted by Crippen LogP contribution is 2.08. The van der Waals surface area contributed by atoms with E-state index >= 15 is 0 Å². The van der Waals surface area contributed by atoms with Gasteiger partial charge in [0.1, 0.15) is 13.2 Å². The fourth-order valence-corrected chi connectivity index (χ4v) is 1.48. The van der Waals surface area contributed by atoms with Gasteiger partial charge in [0.2, 0.25) is 0 Å². The lowest BCUT2D eigenvalue weighted by Crippen LogP contribution is -2.33. The number of hydrogen-bond donors (Lipinski definition) is 0.